The molecule has 2 bridgehead atoms. The van der Waals surface area contributed by atoms with Gasteiger partial charge in [-0.2, -0.15) is 0 Å². The topological polar surface area (TPSA) is 90.4 Å². The van der Waals surface area contributed by atoms with Crippen LogP contribution >= 0.6 is 34.5 Å². The number of halogens is 2. The van der Waals surface area contributed by atoms with E-state index >= 15 is 0 Å². The number of esters is 1. The molecule has 3 saturated heterocycles. The number of thiophene rings is 1. The third kappa shape index (κ3) is 7.67. The number of carbonyl (C=O) groups is 2. The number of fused-ring (bicyclic) bond motifs is 3. The second-order valence-corrected chi connectivity index (χ2v) is 13.5. The van der Waals surface area contributed by atoms with E-state index in [0.29, 0.717) is 43.5 Å². The van der Waals surface area contributed by atoms with Gasteiger partial charge in [-0.05, 0) is 79.4 Å². The van der Waals surface area contributed by atoms with Crippen LogP contribution in [0.25, 0.3) is 0 Å². The first-order valence-electron chi connectivity index (χ1n) is 15.4. The van der Waals surface area contributed by atoms with E-state index in [1.165, 1.54) is 30.8 Å². The lowest BCUT2D eigenvalue weighted by atomic mass is 9.86. The van der Waals surface area contributed by atoms with Crippen molar-refractivity contribution in [3.63, 3.8) is 0 Å². The van der Waals surface area contributed by atoms with Crippen LogP contribution in [0.5, 0.6) is 11.5 Å². The Kier molecular flexibility index (Phi) is 10.5. The van der Waals surface area contributed by atoms with Gasteiger partial charge < -0.3 is 18.9 Å². The molecule has 0 spiro atoms. The van der Waals surface area contributed by atoms with Gasteiger partial charge in [0.25, 0.3) is 0 Å². The van der Waals surface area contributed by atoms with Crippen LogP contribution in [-0.2, 0) is 22.4 Å². The van der Waals surface area contributed by atoms with E-state index in [4.69, 9.17) is 42.1 Å². The molecular formula is C35H35Cl2N3O6S. The highest BCUT2D eigenvalue weighted by atomic mass is 35.5. The van der Waals surface area contributed by atoms with Gasteiger partial charge in [-0.1, -0.05) is 47.5 Å². The van der Waals surface area contributed by atoms with Crippen molar-refractivity contribution >= 4 is 52.3 Å². The summed E-state index contributed by atoms with van der Waals surface area (Å²) in [5.74, 6) is 0.894. The number of aromatic nitrogens is 1. The van der Waals surface area contributed by atoms with Crippen molar-refractivity contribution in [2.45, 2.75) is 38.0 Å². The molecule has 0 saturated carbocycles. The van der Waals surface area contributed by atoms with Gasteiger partial charge in [-0.25, -0.2) is 9.59 Å². The smallest absolute Gasteiger partial charge is 0.414 e. The van der Waals surface area contributed by atoms with E-state index in [-0.39, 0.29) is 19.1 Å². The lowest BCUT2D eigenvalue weighted by Crippen LogP contribution is -2.53. The molecule has 5 heterocycles. The number of piperidine rings is 3. The second-order valence-electron chi connectivity index (χ2n) is 11.5. The van der Waals surface area contributed by atoms with E-state index in [9.17, 15) is 9.59 Å². The number of nitrogens with zero attached hydrogens (tertiary/aromatic N) is 3. The summed E-state index contributed by atoms with van der Waals surface area (Å²) in [6.07, 6.45) is 4.01. The number of benzene rings is 2. The summed E-state index contributed by atoms with van der Waals surface area (Å²) < 4.78 is 23.1. The minimum atomic E-state index is -0.761. The van der Waals surface area contributed by atoms with Crippen LogP contribution in [0, 0.1) is 5.92 Å². The fourth-order valence-corrected chi connectivity index (χ4v) is 7.52. The lowest BCUT2D eigenvalue weighted by Gasteiger charge is -2.44. The van der Waals surface area contributed by atoms with Crippen molar-refractivity contribution in [3.8, 4) is 11.5 Å². The average molecular weight is 697 g/mol. The van der Waals surface area contributed by atoms with Gasteiger partial charge in [-0.15, -0.1) is 11.3 Å². The Hall–Kier alpha value is -3.83. The zero-order valence-corrected chi connectivity index (χ0v) is 28.4. The van der Waals surface area contributed by atoms with Crippen molar-refractivity contribution in [1.29, 1.82) is 0 Å². The Morgan fingerprint density at radius 2 is 1.70 bits per heavy atom. The first-order valence-corrected chi connectivity index (χ1v) is 16.9. The SMILES string of the molecule is COc1ccc([C@H](Cc2c(Cl)cncc2Cl)OC(=O)c2ccc(CN(C(=O)O[C@H]3CN4CCC3CC4)c3ccccc3)s2)cc1OC. The van der Waals surface area contributed by atoms with Crippen molar-refractivity contribution in [1.82, 2.24) is 9.88 Å². The van der Waals surface area contributed by atoms with Gasteiger partial charge in [0.15, 0.2) is 11.5 Å². The van der Waals surface area contributed by atoms with Crippen molar-refractivity contribution < 1.29 is 28.5 Å². The number of carbonyl (C=O) groups excluding carboxylic acids is 2. The van der Waals surface area contributed by atoms with Gasteiger partial charge in [0.05, 0.1) is 30.8 Å². The van der Waals surface area contributed by atoms with Crippen molar-refractivity contribution in [2.24, 2.45) is 5.92 Å². The third-order valence-electron chi connectivity index (χ3n) is 8.68. The van der Waals surface area contributed by atoms with Crippen LogP contribution in [0.3, 0.4) is 0 Å². The molecule has 0 unspecified atom stereocenters. The van der Waals surface area contributed by atoms with E-state index < -0.39 is 18.2 Å². The van der Waals surface area contributed by atoms with Crippen molar-refractivity contribution in [3.05, 3.63) is 104 Å². The molecule has 0 N–H and O–H groups in total. The number of rotatable bonds is 11. The van der Waals surface area contributed by atoms with E-state index in [2.05, 4.69) is 9.88 Å². The number of hydrogen-bond acceptors (Lipinski definition) is 9. The molecule has 2 aromatic carbocycles. The largest absolute Gasteiger partial charge is 0.493 e. The monoisotopic (exact) mass is 695 g/mol. The number of pyridine rings is 1. The zero-order chi connectivity index (χ0) is 32.9. The van der Waals surface area contributed by atoms with Gasteiger partial charge in [-0.3, -0.25) is 14.8 Å². The molecule has 0 aliphatic carbocycles. The predicted octanol–water partition coefficient (Wildman–Crippen LogP) is 7.85. The van der Waals surface area contributed by atoms with Gasteiger partial charge >= 0.3 is 12.1 Å². The third-order valence-corrected chi connectivity index (χ3v) is 10.4. The molecule has 2 atom stereocenters. The van der Waals surface area contributed by atoms with Crippen LogP contribution in [-0.4, -0.2) is 61.9 Å². The van der Waals surface area contributed by atoms with E-state index in [0.717, 1.165) is 43.0 Å². The first-order chi connectivity index (χ1) is 22.8. The minimum absolute atomic E-state index is 0.124. The van der Waals surface area contributed by atoms with Crippen LogP contribution in [0.1, 0.15) is 44.6 Å². The Morgan fingerprint density at radius 1 is 0.979 bits per heavy atom. The number of hydrogen-bond donors (Lipinski definition) is 0. The molecular weight excluding hydrogens is 661 g/mol. The molecule has 12 heteroatoms. The summed E-state index contributed by atoms with van der Waals surface area (Å²) in [6, 6.07) is 18.3. The predicted molar refractivity (Wildman–Crippen MR) is 182 cm³/mol. The van der Waals surface area contributed by atoms with Crippen LogP contribution in [0.15, 0.2) is 73.1 Å². The highest BCUT2D eigenvalue weighted by Crippen LogP contribution is 2.36. The normalized spacial score (nSPS) is 19.1. The van der Waals surface area contributed by atoms with E-state index in [1.54, 1.807) is 36.3 Å². The summed E-state index contributed by atoms with van der Waals surface area (Å²) in [4.78, 5) is 36.5. The number of ether oxygens (including phenoxy) is 4. The number of methoxy groups -OCH3 is 2. The molecule has 9 nitrogen and oxygen atoms in total. The fourth-order valence-electron chi connectivity index (χ4n) is 6.12. The zero-order valence-electron chi connectivity index (χ0n) is 26.1. The number of para-hydroxylation sites is 1. The van der Waals surface area contributed by atoms with Crippen LogP contribution < -0.4 is 14.4 Å². The van der Waals surface area contributed by atoms with E-state index in [1.807, 2.05) is 36.4 Å². The van der Waals surface area contributed by atoms with Crippen molar-refractivity contribution in [2.75, 3.05) is 38.8 Å². The average Bonchev–Trinajstić information content (AvgIpc) is 3.58. The molecule has 47 heavy (non-hydrogen) atoms. The van der Waals surface area contributed by atoms with Gasteiger partial charge in [0, 0.05) is 35.9 Å². The molecule has 3 aliphatic heterocycles. The molecule has 1 amide bonds. The highest BCUT2D eigenvalue weighted by molar-refractivity contribution is 7.14. The molecule has 246 valence electrons. The van der Waals surface area contributed by atoms with Crippen LogP contribution in [0.2, 0.25) is 10.0 Å². The van der Waals surface area contributed by atoms with Crippen LogP contribution in [0.4, 0.5) is 10.5 Å². The molecule has 4 aromatic rings. The lowest BCUT2D eigenvalue weighted by molar-refractivity contribution is -0.0311. The molecule has 7 rings (SSSR count). The Bertz CT molecular complexity index is 1690. The Morgan fingerprint density at radius 3 is 2.36 bits per heavy atom. The standard InChI is InChI=1S/C35H35Cl2N3O6S/c1-43-29-10-8-23(16-31(29)44-2)30(17-26-27(36)18-38-19-28(26)37)45-34(41)33-11-9-25(47-33)20-40(24-6-4-3-5-7-24)35(42)46-32-21-39-14-12-22(32)13-15-39/h3-11,16,18-19,22,30,32H,12-15,17,20-21H2,1-2H3/t30-,32-/m0/s1. The van der Waals surface area contributed by atoms with Gasteiger partial charge in [0.2, 0.25) is 0 Å². The fraction of sp³-hybridized carbons (Fsp3) is 0.343. The summed E-state index contributed by atoms with van der Waals surface area (Å²) >= 11 is 14.2. The Labute approximate surface area is 287 Å². The quantitative estimate of drug-likeness (QED) is 0.147. The molecule has 2 aromatic heterocycles. The summed E-state index contributed by atoms with van der Waals surface area (Å²) in [5, 5.41) is 0.729. The maximum Gasteiger partial charge on any atom is 0.414 e. The number of anilines is 1. The number of amides is 1. The molecule has 3 aliphatic rings. The summed E-state index contributed by atoms with van der Waals surface area (Å²) in [7, 11) is 3.09. The second kappa shape index (κ2) is 14.9. The first kappa shape index (κ1) is 33.1. The highest BCUT2D eigenvalue weighted by Gasteiger charge is 2.37. The minimum Gasteiger partial charge on any atom is -0.493 e. The summed E-state index contributed by atoms with van der Waals surface area (Å²) in [5.41, 5.74) is 1.99. The summed E-state index contributed by atoms with van der Waals surface area (Å²) in [6.45, 7) is 3.13. The van der Waals surface area contributed by atoms with Gasteiger partial charge in [0.1, 0.15) is 17.1 Å². The maximum absolute atomic E-state index is 13.6. The molecule has 0 radical (unpaired) electrons. The molecule has 3 fully saturated rings. The Balaban J connectivity index is 1.21. The maximum atomic E-state index is 13.6.